The molecule has 0 aliphatic carbocycles. The molecule has 2 aromatic rings. The van der Waals surface area contributed by atoms with E-state index in [2.05, 4.69) is 17.3 Å². The van der Waals surface area contributed by atoms with E-state index in [4.69, 9.17) is 9.72 Å². The van der Waals surface area contributed by atoms with Crippen molar-refractivity contribution in [2.24, 2.45) is 0 Å². The van der Waals surface area contributed by atoms with Gasteiger partial charge in [0.15, 0.2) is 0 Å². The molecule has 0 aromatic carbocycles. The van der Waals surface area contributed by atoms with Crippen molar-refractivity contribution in [1.29, 1.82) is 5.26 Å². The van der Waals surface area contributed by atoms with E-state index < -0.39 is 5.91 Å². The lowest BCUT2D eigenvalue weighted by atomic mass is 10.1. The zero-order chi connectivity index (χ0) is 22.4. The number of rotatable bonds is 7. The minimum atomic E-state index is -0.513. The highest BCUT2D eigenvalue weighted by atomic mass is 16.5. The molecule has 0 unspecified atom stereocenters. The molecule has 1 aliphatic heterocycles. The summed E-state index contributed by atoms with van der Waals surface area (Å²) in [6, 6.07) is 5.62. The summed E-state index contributed by atoms with van der Waals surface area (Å²) in [5.74, 6) is 0.00727. The third-order valence-corrected chi connectivity index (χ3v) is 5.45. The predicted molar refractivity (Wildman–Crippen MR) is 118 cm³/mol. The zero-order valence-electron chi connectivity index (χ0n) is 18.3. The minimum absolute atomic E-state index is 0.120. The van der Waals surface area contributed by atoms with Gasteiger partial charge in [0.2, 0.25) is 0 Å². The normalized spacial score (nSPS) is 15.2. The van der Waals surface area contributed by atoms with Crippen LogP contribution in [-0.4, -0.2) is 68.8 Å². The summed E-state index contributed by atoms with van der Waals surface area (Å²) < 4.78 is 6.44. The molecular weight excluding hydrogens is 396 g/mol. The first-order valence-electron chi connectivity index (χ1n) is 10.4. The number of nitrogens with one attached hydrogen (secondary N) is 2. The number of anilines is 1. The molecule has 0 radical (unpaired) electrons. The van der Waals surface area contributed by atoms with E-state index in [0.717, 1.165) is 31.7 Å². The first-order chi connectivity index (χ1) is 15.0. The Morgan fingerprint density at radius 2 is 2.16 bits per heavy atom. The SMILES string of the molecule is COCCCNC(=O)/C(C#N)=C/c1c(N2CC[NH+](C)CC2)nc2c(C)cccn2c1=O. The van der Waals surface area contributed by atoms with Gasteiger partial charge in [-0.1, -0.05) is 6.07 Å². The lowest BCUT2D eigenvalue weighted by Gasteiger charge is -2.31. The topological polar surface area (TPSA) is 104 Å². The molecule has 1 amide bonds. The maximum Gasteiger partial charge on any atom is 0.267 e. The van der Waals surface area contributed by atoms with Gasteiger partial charge in [-0.2, -0.15) is 5.26 Å². The molecule has 9 heteroatoms. The fraction of sp³-hybridized carbons (Fsp3) is 0.455. The van der Waals surface area contributed by atoms with Crippen molar-refractivity contribution < 1.29 is 14.4 Å². The van der Waals surface area contributed by atoms with E-state index in [1.807, 2.05) is 19.1 Å². The molecule has 0 atom stereocenters. The lowest BCUT2D eigenvalue weighted by Crippen LogP contribution is -3.12. The largest absolute Gasteiger partial charge is 0.385 e. The highest BCUT2D eigenvalue weighted by Crippen LogP contribution is 2.20. The maximum atomic E-state index is 13.4. The average molecular weight is 426 g/mol. The number of nitrogens with zero attached hydrogens (tertiary/aromatic N) is 4. The number of likely N-dealkylation sites (N-methyl/N-ethyl adjacent to an activating group) is 1. The number of hydrogen-bond acceptors (Lipinski definition) is 6. The van der Waals surface area contributed by atoms with E-state index in [9.17, 15) is 14.9 Å². The van der Waals surface area contributed by atoms with Crippen LogP contribution in [0.2, 0.25) is 0 Å². The predicted octanol–water partition coefficient (Wildman–Crippen LogP) is -0.603. The first kappa shape index (κ1) is 22.5. The number of aryl methyl sites for hydroxylation is 1. The van der Waals surface area contributed by atoms with Gasteiger partial charge in [-0.3, -0.25) is 14.0 Å². The quantitative estimate of drug-likeness (QED) is 0.349. The molecule has 0 spiro atoms. The Kier molecular flexibility index (Phi) is 7.39. The Hall–Kier alpha value is -3.22. The Morgan fingerprint density at radius 3 is 2.84 bits per heavy atom. The van der Waals surface area contributed by atoms with Gasteiger partial charge in [0.05, 0.1) is 38.8 Å². The van der Waals surface area contributed by atoms with Gasteiger partial charge in [-0.25, -0.2) is 4.98 Å². The number of hydrogen-bond donors (Lipinski definition) is 2. The number of carbonyl (C=O) groups is 1. The number of methoxy groups -OCH3 is 1. The summed E-state index contributed by atoms with van der Waals surface area (Å²) >= 11 is 0. The van der Waals surface area contributed by atoms with Crippen LogP contribution in [0.15, 0.2) is 28.7 Å². The van der Waals surface area contributed by atoms with Crippen LogP contribution >= 0.6 is 0 Å². The van der Waals surface area contributed by atoms with Crippen molar-refractivity contribution in [1.82, 2.24) is 14.7 Å². The van der Waals surface area contributed by atoms with Crippen LogP contribution in [0.4, 0.5) is 5.82 Å². The van der Waals surface area contributed by atoms with Crippen molar-refractivity contribution >= 4 is 23.4 Å². The summed E-state index contributed by atoms with van der Waals surface area (Å²) in [7, 11) is 3.72. The van der Waals surface area contributed by atoms with Crippen molar-refractivity contribution in [3.05, 3.63) is 45.4 Å². The number of piperazine rings is 1. The number of ether oxygens (including phenoxy) is 1. The molecule has 0 saturated carbocycles. The van der Waals surface area contributed by atoms with Crippen molar-refractivity contribution in [3.63, 3.8) is 0 Å². The van der Waals surface area contributed by atoms with Crippen LogP contribution in [0.1, 0.15) is 17.5 Å². The van der Waals surface area contributed by atoms with Gasteiger partial charge in [-0.15, -0.1) is 0 Å². The monoisotopic (exact) mass is 425 g/mol. The zero-order valence-corrected chi connectivity index (χ0v) is 18.3. The lowest BCUT2D eigenvalue weighted by molar-refractivity contribution is -0.880. The molecule has 0 bridgehead atoms. The molecule has 2 aromatic heterocycles. The Morgan fingerprint density at radius 1 is 1.42 bits per heavy atom. The molecule has 164 valence electrons. The number of carbonyl (C=O) groups excluding carboxylic acids is 1. The van der Waals surface area contributed by atoms with Crippen LogP contribution in [0.3, 0.4) is 0 Å². The Bertz CT molecular complexity index is 1080. The molecule has 1 saturated heterocycles. The van der Waals surface area contributed by atoms with Crippen LogP contribution in [0.5, 0.6) is 0 Å². The van der Waals surface area contributed by atoms with Crippen LogP contribution in [-0.2, 0) is 9.53 Å². The molecule has 3 heterocycles. The smallest absolute Gasteiger partial charge is 0.267 e. The summed E-state index contributed by atoms with van der Waals surface area (Å²) in [4.78, 5) is 34.2. The summed E-state index contributed by atoms with van der Waals surface area (Å²) in [6.45, 7) is 6.12. The second kappa shape index (κ2) is 10.2. The van der Waals surface area contributed by atoms with Crippen molar-refractivity contribution in [2.45, 2.75) is 13.3 Å². The molecule has 3 rings (SSSR count). The number of amides is 1. The molecule has 31 heavy (non-hydrogen) atoms. The number of quaternary nitrogens is 1. The fourth-order valence-corrected chi connectivity index (χ4v) is 3.57. The van der Waals surface area contributed by atoms with Crippen LogP contribution in [0.25, 0.3) is 11.7 Å². The van der Waals surface area contributed by atoms with E-state index >= 15 is 0 Å². The number of fused-ring (bicyclic) bond motifs is 1. The maximum absolute atomic E-state index is 13.4. The van der Waals surface area contributed by atoms with E-state index in [0.29, 0.717) is 31.0 Å². The summed E-state index contributed by atoms with van der Waals surface area (Å²) in [5, 5.41) is 12.3. The van der Waals surface area contributed by atoms with Gasteiger partial charge < -0.3 is 19.9 Å². The first-order valence-corrected chi connectivity index (χ1v) is 10.4. The second-order valence-electron chi connectivity index (χ2n) is 7.76. The third kappa shape index (κ3) is 5.10. The second-order valence-corrected chi connectivity index (χ2v) is 7.76. The van der Waals surface area contributed by atoms with Gasteiger partial charge in [0.1, 0.15) is 23.1 Å². The standard InChI is InChI=1S/C22H28N6O3/c1-16-6-4-8-28-19(16)25-20(27-11-9-26(2)10-12-27)18(22(28)30)14-17(15-23)21(29)24-7-5-13-31-3/h4,6,8,14H,5,7,9-13H2,1-3H3,(H,24,29)/p+1/b17-14+. The number of pyridine rings is 1. The van der Waals surface area contributed by atoms with Gasteiger partial charge in [-0.05, 0) is 31.1 Å². The van der Waals surface area contributed by atoms with Gasteiger partial charge in [0.25, 0.3) is 11.5 Å². The summed E-state index contributed by atoms with van der Waals surface area (Å²) in [5.41, 5.74) is 1.30. The average Bonchev–Trinajstić information content (AvgIpc) is 2.77. The minimum Gasteiger partial charge on any atom is -0.385 e. The molecular formula is C22H29N6O3+. The molecule has 9 nitrogen and oxygen atoms in total. The fourth-order valence-electron chi connectivity index (χ4n) is 3.57. The van der Waals surface area contributed by atoms with Crippen LogP contribution in [0, 0.1) is 18.3 Å². The van der Waals surface area contributed by atoms with E-state index in [-0.39, 0.29) is 16.7 Å². The molecule has 1 fully saturated rings. The number of nitriles is 1. The Balaban J connectivity index is 2.06. The molecule has 2 N–H and O–H groups in total. The third-order valence-electron chi connectivity index (χ3n) is 5.45. The highest BCUT2D eigenvalue weighted by molar-refractivity contribution is 6.02. The molecule has 1 aliphatic rings. The number of aromatic nitrogens is 2. The van der Waals surface area contributed by atoms with Crippen molar-refractivity contribution in [2.75, 3.05) is 58.4 Å². The van der Waals surface area contributed by atoms with Gasteiger partial charge in [0, 0.05) is 26.5 Å². The highest BCUT2D eigenvalue weighted by Gasteiger charge is 2.24. The van der Waals surface area contributed by atoms with Crippen molar-refractivity contribution in [3.8, 4) is 6.07 Å². The summed E-state index contributed by atoms with van der Waals surface area (Å²) in [6.07, 6.45) is 3.66. The van der Waals surface area contributed by atoms with E-state index in [1.165, 1.54) is 15.4 Å². The van der Waals surface area contributed by atoms with E-state index in [1.54, 1.807) is 19.4 Å². The van der Waals surface area contributed by atoms with Crippen LogP contribution < -0.4 is 20.7 Å². The Labute approximate surface area is 181 Å². The van der Waals surface area contributed by atoms with Gasteiger partial charge >= 0.3 is 0 Å².